The van der Waals surface area contributed by atoms with E-state index in [4.69, 9.17) is 19.2 Å². The lowest BCUT2D eigenvalue weighted by molar-refractivity contribution is -0.362. The maximum atomic E-state index is 12.0. The maximum Gasteiger partial charge on any atom is 0.373 e. The van der Waals surface area contributed by atoms with Gasteiger partial charge in [-0.05, 0) is 69.3 Å². The minimum absolute atomic E-state index is 0.0624. The van der Waals surface area contributed by atoms with Gasteiger partial charge in [-0.1, -0.05) is 0 Å². The normalized spacial score (nSPS) is 10.5. The average molecular weight is 402 g/mol. The molecule has 0 spiro atoms. The van der Waals surface area contributed by atoms with Crippen molar-refractivity contribution in [3.05, 3.63) is 72.9 Å². The van der Waals surface area contributed by atoms with E-state index in [-0.39, 0.29) is 23.8 Å². The summed E-state index contributed by atoms with van der Waals surface area (Å²) in [5.41, 5.74) is 0.478. The topological polar surface area (TPSA) is 89.5 Å². The number of rotatable bonds is 11. The predicted molar refractivity (Wildman–Crippen MR) is 101 cm³/mol. The van der Waals surface area contributed by atoms with Crippen molar-refractivity contribution in [1.82, 2.24) is 0 Å². The number of carbonyl (C=O) groups excluding carboxylic acids is 2. The fourth-order valence-corrected chi connectivity index (χ4v) is 2.07. The Labute approximate surface area is 169 Å². The maximum absolute atomic E-state index is 12.0. The van der Waals surface area contributed by atoms with E-state index < -0.39 is 11.9 Å². The van der Waals surface area contributed by atoms with Gasteiger partial charge in [0.15, 0.2) is 0 Å². The largest absolute Gasteiger partial charge is 0.494 e. The molecular formula is C21H22O8. The quantitative estimate of drug-likeness (QED) is 0.410. The van der Waals surface area contributed by atoms with Crippen molar-refractivity contribution in [1.29, 1.82) is 0 Å². The Kier molecular flexibility index (Phi) is 8.94. The van der Waals surface area contributed by atoms with Crippen LogP contribution in [0.5, 0.6) is 11.5 Å². The molecule has 0 aromatic heterocycles. The van der Waals surface area contributed by atoms with Gasteiger partial charge >= 0.3 is 18.2 Å². The summed E-state index contributed by atoms with van der Waals surface area (Å²) in [4.78, 5) is 42.9. The highest BCUT2D eigenvalue weighted by molar-refractivity contribution is 5.89. The SMILES string of the molecule is [CH2]C[C](OOC(=O)c1ccc(OCC)cc1)OOC(=O)c1ccc(OCC)cc1. The molecule has 0 aliphatic rings. The van der Waals surface area contributed by atoms with Gasteiger partial charge in [0.1, 0.15) is 11.5 Å². The van der Waals surface area contributed by atoms with Crippen LogP contribution in [-0.2, 0) is 19.6 Å². The highest BCUT2D eigenvalue weighted by Crippen LogP contribution is 2.17. The summed E-state index contributed by atoms with van der Waals surface area (Å²) >= 11 is 0. The molecule has 29 heavy (non-hydrogen) atoms. The monoisotopic (exact) mass is 402 g/mol. The van der Waals surface area contributed by atoms with Gasteiger partial charge < -0.3 is 9.47 Å². The first-order valence-corrected chi connectivity index (χ1v) is 8.95. The van der Waals surface area contributed by atoms with Crippen molar-refractivity contribution in [2.45, 2.75) is 20.3 Å². The van der Waals surface area contributed by atoms with E-state index >= 15 is 0 Å². The second kappa shape index (κ2) is 11.7. The average Bonchev–Trinajstić information content (AvgIpc) is 2.75. The van der Waals surface area contributed by atoms with Gasteiger partial charge in [0.05, 0.1) is 24.3 Å². The molecule has 0 atom stereocenters. The molecule has 0 fully saturated rings. The standard InChI is InChI=1S/C21H22O8/c1-4-19(26-28-20(22)15-7-11-17(12-8-15)24-5-2)27-29-21(23)16-9-13-18(14-10-16)25-6-3/h7-14H,1,4-6H2,2-3H3. The fraction of sp³-hybridized carbons (Fsp3) is 0.238. The summed E-state index contributed by atoms with van der Waals surface area (Å²) in [5, 5.41) is 0. The molecule has 8 heteroatoms. The molecule has 2 aromatic carbocycles. The van der Waals surface area contributed by atoms with Crippen LogP contribution in [0.4, 0.5) is 0 Å². The zero-order valence-electron chi connectivity index (χ0n) is 16.2. The van der Waals surface area contributed by atoms with Crippen molar-refractivity contribution in [3.63, 3.8) is 0 Å². The molecule has 2 aromatic rings. The zero-order chi connectivity index (χ0) is 21.1. The van der Waals surface area contributed by atoms with Gasteiger partial charge in [-0.15, -0.1) is 9.78 Å². The van der Waals surface area contributed by atoms with Crippen molar-refractivity contribution in [3.8, 4) is 11.5 Å². The van der Waals surface area contributed by atoms with Gasteiger partial charge in [0, 0.05) is 6.42 Å². The molecule has 0 heterocycles. The second-order valence-electron chi connectivity index (χ2n) is 5.45. The van der Waals surface area contributed by atoms with Crippen LogP contribution in [-0.4, -0.2) is 25.2 Å². The molecule has 154 valence electrons. The smallest absolute Gasteiger partial charge is 0.373 e. The van der Waals surface area contributed by atoms with E-state index in [1.165, 1.54) is 24.3 Å². The zero-order valence-corrected chi connectivity index (χ0v) is 16.2. The number of hydrogen-bond donors (Lipinski definition) is 0. The fourth-order valence-electron chi connectivity index (χ4n) is 2.07. The molecule has 8 nitrogen and oxygen atoms in total. The molecule has 0 aliphatic carbocycles. The van der Waals surface area contributed by atoms with Crippen molar-refractivity contribution in [2.24, 2.45) is 0 Å². The summed E-state index contributed by atoms with van der Waals surface area (Å²) in [5.74, 6) is -0.278. The van der Waals surface area contributed by atoms with Crippen molar-refractivity contribution in [2.75, 3.05) is 13.2 Å². The van der Waals surface area contributed by atoms with Gasteiger partial charge in [-0.2, -0.15) is 0 Å². The summed E-state index contributed by atoms with van der Waals surface area (Å²) in [7, 11) is 0. The lowest BCUT2D eigenvalue weighted by Crippen LogP contribution is -2.15. The van der Waals surface area contributed by atoms with Crippen LogP contribution in [0, 0.1) is 13.2 Å². The Hall–Kier alpha value is -3.10. The highest BCUT2D eigenvalue weighted by atomic mass is 17.3. The first-order chi connectivity index (χ1) is 14.1. The van der Waals surface area contributed by atoms with Gasteiger partial charge in [-0.25, -0.2) is 9.59 Å². The molecular weight excluding hydrogens is 380 g/mol. The third-order valence-electron chi connectivity index (χ3n) is 3.43. The van der Waals surface area contributed by atoms with Gasteiger partial charge in [0.25, 0.3) is 0 Å². The van der Waals surface area contributed by atoms with E-state index in [0.29, 0.717) is 24.7 Å². The summed E-state index contributed by atoms with van der Waals surface area (Å²) in [6.07, 6.45) is -0.365. The molecule has 0 bridgehead atoms. The molecule has 0 saturated heterocycles. The first-order valence-electron chi connectivity index (χ1n) is 8.95. The molecule has 0 unspecified atom stereocenters. The van der Waals surface area contributed by atoms with Crippen molar-refractivity contribution >= 4 is 11.9 Å². The first kappa shape index (κ1) is 22.2. The predicted octanol–water partition coefficient (Wildman–Crippen LogP) is 4.07. The van der Waals surface area contributed by atoms with E-state index in [0.717, 1.165) is 0 Å². The number of hydrogen-bond acceptors (Lipinski definition) is 8. The van der Waals surface area contributed by atoms with E-state index in [1.54, 1.807) is 24.3 Å². The summed E-state index contributed by atoms with van der Waals surface area (Å²) in [6.45, 7) is 8.29. The van der Waals surface area contributed by atoms with Crippen molar-refractivity contribution < 1.29 is 38.6 Å². The number of ether oxygens (including phenoxy) is 2. The Morgan fingerprint density at radius 3 is 1.38 bits per heavy atom. The van der Waals surface area contributed by atoms with E-state index in [1.807, 2.05) is 13.8 Å². The van der Waals surface area contributed by atoms with Crippen LogP contribution in [0.25, 0.3) is 0 Å². The van der Waals surface area contributed by atoms with E-state index in [2.05, 4.69) is 16.7 Å². The Morgan fingerprint density at radius 1 is 0.690 bits per heavy atom. The third kappa shape index (κ3) is 7.10. The number of carbonyl (C=O) groups is 2. The minimum Gasteiger partial charge on any atom is -0.494 e. The molecule has 0 saturated carbocycles. The Balaban J connectivity index is 1.80. The summed E-state index contributed by atoms with van der Waals surface area (Å²) < 4.78 is 10.6. The van der Waals surface area contributed by atoms with Crippen LogP contribution < -0.4 is 9.47 Å². The Morgan fingerprint density at radius 2 is 1.07 bits per heavy atom. The summed E-state index contributed by atoms with van der Waals surface area (Å²) in [6, 6.07) is 12.6. The van der Waals surface area contributed by atoms with Gasteiger partial charge in [-0.3, -0.25) is 9.78 Å². The Bertz CT molecular complexity index is 705. The van der Waals surface area contributed by atoms with Crippen LogP contribution >= 0.6 is 0 Å². The second-order valence-corrected chi connectivity index (χ2v) is 5.45. The minimum atomic E-state index is -0.763. The number of benzene rings is 2. The molecule has 0 aliphatic heterocycles. The van der Waals surface area contributed by atoms with Crippen LogP contribution in [0.15, 0.2) is 48.5 Å². The molecule has 2 radical (unpaired) electrons. The lowest BCUT2D eigenvalue weighted by Gasteiger charge is -2.12. The molecule has 2 rings (SSSR count). The molecule has 0 amide bonds. The van der Waals surface area contributed by atoms with Crippen LogP contribution in [0.1, 0.15) is 41.0 Å². The van der Waals surface area contributed by atoms with Gasteiger partial charge in [0.2, 0.25) is 0 Å². The molecule has 0 N–H and O–H groups in total. The van der Waals surface area contributed by atoms with Crippen LogP contribution in [0.2, 0.25) is 0 Å². The highest BCUT2D eigenvalue weighted by Gasteiger charge is 2.20. The lowest BCUT2D eigenvalue weighted by atomic mass is 10.2. The van der Waals surface area contributed by atoms with Crippen LogP contribution in [0.3, 0.4) is 0 Å². The third-order valence-corrected chi connectivity index (χ3v) is 3.43. The van der Waals surface area contributed by atoms with E-state index in [9.17, 15) is 9.59 Å².